The second-order valence-corrected chi connectivity index (χ2v) is 4.12. The SMILES string of the molecule is SC1CCN2CCCCC12. The van der Waals surface area contributed by atoms with Gasteiger partial charge in [-0.1, -0.05) is 6.42 Å². The highest BCUT2D eigenvalue weighted by atomic mass is 32.1. The fourth-order valence-electron chi connectivity index (χ4n) is 2.22. The van der Waals surface area contributed by atoms with Crippen LogP contribution < -0.4 is 0 Å². The van der Waals surface area contributed by atoms with Crippen molar-refractivity contribution in [1.82, 2.24) is 4.90 Å². The van der Waals surface area contributed by atoms with Gasteiger partial charge in [-0.05, 0) is 32.4 Å². The molecule has 0 N–H and O–H groups in total. The van der Waals surface area contributed by atoms with E-state index in [-0.39, 0.29) is 0 Å². The highest BCUT2D eigenvalue weighted by Gasteiger charge is 2.32. The summed E-state index contributed by atoms with van der Waals surface area (Å²) in [7, 11) is 0. The highest BCUT2D eigenvalue weighted by Crippen LogP contribution is 2.29. The van der Waals surface area contributed by atoms with Gasteiger partial charge in [-0.3, -0.25) is 4.90 Å². The Morgan fingerprint density at radius 3 is 2.80 bits per heavy atom. The van der Waals surface area contributed by atoms with Gasteiger partial charge in [-0.25, -0.2) is 0 Å². The molecule has 10 heavy (non-hydrogen) atoms. The van der Waals surface area contributed by atoms with Gasteiger partial charge >= 0.3 is 0 Å². The molecule has 0 aromatic rings. The number of fused-ring (bicyclic) bond motifs is 1. The van der Waals surface area contributed by atoms with Crippen LogP contribution in [0.15, 0.2) is 0 Å². The molecule has 0 saturated carbocycles. The van der Waals surface area contributed by atoms with Crippen LogP contribution >= 0.6 is 12.6 Å². The third-order valence-electron chi connectivity index (χ3n) is 2.82. The minimum atomic E-state index is 0.681. The molecule has 0 spiro atoms. The Bertz CT molecular complexity index is 124. The van der Waals surface area contributed by atoms with E-state index in [9.17, 15) is 0 Å². The largest absolute Gasteiger partial charge is 0.299 e. The molecule has 0 amide bonds. The first-order valence-corrected chi connectivity index (χ1v) is 4.82. The first-order valence-electron chi connectivity index (χ1n) is 4.30. The van der Waals surface area contributed by atoms with Crippen LogP contribution in [0.4, 0.5) is 0 Å². The monoisotopic (exact) mass is 157 g/mol. The van der Waals surface area contributed by atoms with E-state index in [4.69, 9.17) is 0 Å². The molecule has 2 heterocycles. The summed E-state index contributed by atoms with van der Waals surface area (Å²) >= 11 is 4.57. The van der Waals surface area contributed by atoms with Crippen LogP contribution in [0.25, 0.3) is 0 Å². The normalized spacial score (nSPS) is 41.7. The Hall–Kier alpha value is 0.310. The van der Waals surface area contributed by atoms with E-state index in [1.54, 1.807) is 0 Å². The lowest BCUT2D eigenvalue weighted by molar-refractivity contribution is 0.200. The quantitative estimate of drug-likeness (QED) is 0.522. The maximum atomic E-state index is 4.57. The Morgan fingerprint density at radius 2 is 2.00 bits per heavy atom. The molecular formula is C8H15NS. The van der Waals surface area contributed by atoms with Crippen molar-refractivity contribution >= 4 is 12.6 Å². The van der Waals surface area contributed by atoms with E-state index < -0.39 is 0 Å². The summed E-state index contributed by atoms with van der Waals surface area (Å²) in [4.78, 5) is 2.61. The van der Waals surface area contributed by atoms with Crippen molar-refractivity contribution in [3.63, 3.8) is 0 Å². The lowest BCUT2D eigenvalue weighted by Gasteiger charge is -2.30. The molecule has 1 nitrogen and oxygen atoms in total. The third-order valence-corrected chi connectivity index (χ3v) is 3.42. The Kier molecular flexibility index (Phi) is 1.92. The zero-order chi connectivity index (χ0) is 6.97. The summed E-state index contributed by atoms with van der Waals surface area (Å²) in [5.41, 5.74) is 0. The van der Waals surface area contributed by atoms with Gasteiger partial charge in [0.25, 0.3) is 0 Å². The molecule has 2 heteroatoms. The van der Waals surface area contributed by atoms with Gasteiger partial charge in [0.2, 0.25) is 0 Å². The molecule has 2 atom stereocenters. The fourth-order valence-corrected chi connectivity index (χ4v) is 2.67. The van der Waals surface area contributed by atoms with Crippen LogP contribution in [0.3, 0.4) is 0 Å². The van der Waals surface area contributed by atoms with E-state index in [0.717, 1.165) is 6.04 Å². The van der Waals surface area contributed by atoms with Crippen molar-refractivity contribution in [2.45, 2.75) is 37.0 Å². The number of nitrogens with zero attached hydrogens (tertiary/aromatic N) is 1. The number of piperidine rings is 1. The molecule has 2 fully saturated rings. The van der Waals surface area contributed by atoms with Crippen LogP contribution in [0.1, 0.15) is 25.7 Å². The fraction of sp³-hybridized carbons (Fsp3) is 1.00. The number of hydrogen-bond donors (Lipinski definition) is 1. The minimum Gasteiger partial charge on any atom is -0.299 e. The van der Waals surface area contributed by atoms with E-state index >= 15 is 0 Å². The summed E-state index contributed by atoms with van der Waals surface area (Å²) in [6.45, 7) is 2.64. The predicted octanol–water partition coefficient (Wildman–Crippen LogP) is 1.54. The van der Waals surface area contributed by atoms with Gasteiger partial charge in [0.1, 0.15) is 0 Å². The van der Waals surface area contributed by atoms with Crippen LogP contribution in [-0.2, 0) is 0 Å². The van der Waals surface area contributed by atoms with Gasteiger partial charge < -0.3 is 0 Å². The topological polar surface area (TPSA) is 3.24 Å². The van der Waals surface area contributed by atoms with Gasteiger partial charge in [-0.15, -0.1) is 0 Å². The summed E-state index contributed by atoms with van der Waals surface area (Å²) in [6.07, 6.45) is 5.55. The molecule has 2 aliphatic heterocycles. The molecule has 0 radical (unpaired) electrons. The lowest BCUT2D eigenvalue weighted by atomic mass is 10.0. The van der Waals surface area contributed by atoms with Crippen LogP contribution in [0.5, 0.6) is 0 Å². The molecular weight excluding hydrogens is 142 g/mol. The zero-order valence-corrected chi connectivity index (χ0v) is 7.19. The van der Waals surface area contributed by atoms with Gasteiger partial charge in [0.15, 0.2) is 0 Å². The van der Waals surface area contributed by atoms with Crippen molar-refractivity contribution in [2.75, 3.05) is 13.1 Å². The second kappa shape index (κ2) is 2.74. The molecule has 0 aromatic heterocycles. The third kappa shape index (κ3) is 1.08. The lowest BCUT2D eigenvalue weighted by Crippen LogP contribution is -2.37. The van der Waals surface area contributed by atoms with E-state index in [1.165, 1.54) is 38.8 Å². The first-order chi connectivity index (χ1) is 4.88. The molecule has 2 aliphatic rings. The van der Waals surface area contributed by atoms with Crippen molar-refractivity contribution in [3.05, 3.63) is 0 Å². The zero-order valence-electron chi connectivity index (χ0n) is 6.29. The molecule has 2 saturated heterocycles. The van der Waals surface area contributed by atoms with Gasteiger partial charge in [-0.2, -0.15) is 12.6 Å². The van der Waals surface area contributed by atoms with Crippen LogP contribution in [-0.4, -0.2) is 29.3 Å². The van der Waals surface area contributed by atoms with Crippen LogP contribution in [0, 0.1) is 0 Å². The van der Waals surface area contributed by atoms with Crippen LogP contribution in [0.2, 0.25) is 0 Å². The maximum absolute atomic E-state index is 4.57. The molecule has 0 bridgehead atoms. The molecule has 58 valence electrons. The average Bonchev–Trinajstić information content (AvgIpc) is 2.34. The van der Waals surface area contributed by atoms with Crippen molar-refractivity contribution in [1.29, 1.82) is 0 Å². The number of hydrogen-bond acceptors (Lipinski definition) is 2. The van der Waals surface area contributed by atoms with E-state index in [1.807, 2.05) is 0 Å². The summed E-state index contributed by atoms with van der Waals surface area (Å²) in [6, 6.07) is 0.831. The smallest absolute Gasteiger partial charge is 0.0212 e. The van der Waals surface area contributed by atoms with Gasteiger partial charge in [0.05, 0.1) is 0 Å². The Morgan fingerprint density at radius 1 is 1.10 bits per heavy atom. The summed E-state index contributed by atoms with van der Waals surface area (Å²) < 4.78 is 0. The van der Waals surface area contributed by atoms with Crippen molar-refractivity contribution in [3.8, 4) is 0 Å². The molecule has 2 rings (SSSR count). The van der Waals surface area contributed by atoms with E-state index in [2.05, 4.69) is 17.5 Å². The molecule has 0 aliphatic carbocycles. The predicted molar refractivity (Wildman–Crippen MR) is 46.6 cm³/mol. The van der Waals surface area contributed by atoms with Crippen molar-refractivity contribution < 1.29 is 0 Å². The van der Waals surface area contributed by atoms with E-state index in [0.29, 0.717) is 5.25 Å². The second-order valence-electron chi connectivity index (χ2n) is 3.46. The maximum Gasteiger partial charge on any atom is 0.0212 e. The first kappa shape index (κ1) is 6.99. The Labute approximate surface area is 68.2 Å². The molecule has 0 aromatic carbocycles. The molecule has 2 unspecified atom stereocenters. The number of rotatable bonds is 0. The summed E-state index contributed by atoms with van der Waals surface area (Å²) in [5, 5.41) is 0.681. The standard InChI is InChI=1S/C8H15NS/c10-8-4-6-9-5-2-1-3-7(8)9/h7-8,10H,1-6H2. The van der Waals surface area contributed by atoms with Crippen molar-refractivity contribution in [2.24, 2.45) is 0 Å². The number of thiol groups is 1. The highest BCUT2D eigenvalue weighted by molar-refractivity contribution is 7.81. The van der Waals surface area contributed by atoms with Gasteiger partial charge in [0, 0.05) is 11.3 Å². The minimum absolute atomic E-state index is 0.681. The summed E-state index contributed by atoms with van der Waals surface area (Å²) in [5.74, 6) is 0. The average molecular weight is 157 g/mol. The Balaban J connectivity index is 2.01.